The summed E-state index contributed by atoms with van der Waals surface area (Å²) in [5.74, 6) is 1.32. The van der Waals surface area contributed by atoms with Crippen LogP contribution in [0.15, 0.2) is 46.9 Å². The molecule has 0 aliphatic carbocycles. The Bertz CT molecular complexity index is 762. The van der Waals surface area contributed by atoms with Gasteiger partial charge >= 0.3 is 0 Å². The van der Waals surface area contributed by atoms with E-state index in [0.717, 1.165) is 34.3 Å². The van der Waals surface area contributed by atoms with E-state index in [9.17, 15) is 0 Å². The molecule has 0 bridgehead atoms. The highest BCUT2D eigenvalue weighted by Crippen LogP contribution is 2.23. The van der Waals surface area contributed by atoms with Crippen molar-refractivity contribution in [3.8, 4) is 0 Å². The van der Waals surface area contributed by atoms with Crippen molar-refractivity contribution in [2.75, 3.05) is 0 Å². The molecule has 2 nitrogen and oxygen atoms in total. The van der Waals surface area contributed by atoms with Crippen LogP contribution in [0.2, 0.25) is 0 Å². The molecule has 0 N–H and O–H groups in total. The summed E-state index contributed by atoms with van der Waals surface area (Å²) in [4.78, 5) is 4.61. The maximum atomic E-state index is 6.06. The van der Waals surface area contributed by atoms with Crippen LogP contribution < -0.4 is 0 Å². The molecule has 0 aliphatic heterocycles. The average Bonchev–Trinajstić information content (AvgIpc) is 2.85. The van der Waals surface area contributed by atoms with E-state index < -0.39 is 0 Å². The van der Waals surface area contributed by atoms with Gasteiger partial charge in [-0.05, 0) is 35.7 Å². The zero-order valence-corrected chi connectivity index (χ0v) is 14.2. The van der Waals surface area contributed by atoms with E-state index in [1.165, 1.54) is 11.1 Å². The van der Waals surface area contributed by atoms with Crippen molar-refractivity contribution in [1.29, 1.82) is 0 Å². The summed E-state index contributed by atoms with van der Waals surface area (Å²) < 4.78 is 3.24. The Morgan fingerprint density at radius 1 is 1.10 bits per heavy atom. The molecule has 0 aliphatic rings. The van der Waals surface area contributed by atoms with Crippen molar-refractivity contribution in [3.63, 3.8) is 0 Å². The van der Waals surface area contributed by atoms with E-state index >= 15 is 0 Å². The highest BCUT2D eigenvalue weighted by Gasteiger charge is 2.10. The summed E-state index contributed by atoms with van der Waals surface area (Å²) in [6, 6.07) is 14.9. The second-order valence-electron chi connectivity index (χ2n) is 5.05. The smallest absolute Gasteiger partial charge is 0.125 e. The zero-order chi connectivity index (χ0) is 14.8. The number of imidazole rings is 1. The third-order valence-electron chi connectivity index (χ3n) is 3.68. The van der Waals surface area contributed by atoms with Gasteiger partial charge < -0.3 is 4.57 Å². The Morgan fingerprint density at radius 2 is 1.81 bits per heavy atom. The van der Waals surface area contributed by atoms with Gasteiger partial charge in [-0.25, -0.2) is 4.98 Å². The fourth-order valence-corrected chi connectivity index (χ4v) is 3.04. The largest absolute Gasteiger partial charge is 0.322 e. The SMILES string of the molecule is CCc1ccc(Cn2c(CCl)nc3ccc(Br)cc32)cc1. The van der Waals surface area contributed by atoms with Crippen molar-refractivity contribution >= 4 is 38.6 Å². The number of nitrogens with zero attached hydrogens (tertiary/aromatic N) is 2. The molecule has 0 atom stereocenters. The van der Waals surface area contributed by atoms with Gasteiger partial charge in [0.05, 0.1) is 16.9 Å². The highest BCUT2D eigenvalue weighted by atomic mass is 79.9. The van der Waals surface area contributed by atoms with E-state index in [1.54, 1.807) is 0 Å². The first-order valence-corrected chi connectivity index (χ1v) is 8.32. The fraction of sp³-hybridized carbons (Fsp3) is 0.235. The van der Waals surface area contributed by atoms with Crippen LogP contribution in [0.25, 0.3) is 11.0 Å². The van der Waals surface area contributed by atoms with E-state index in [0.29, 0.717) is 5.88 Å². The van der Waals surface area contributed by atoms with Gasteiger partial charge in [0.1, 0.15) is 5.82 Å². The van der Waals surface area contributed by atoms with Crippen LogP contribution in [-0.2, 0) is 18.8 Å². The molecule has 4 heteroatoms. The molecular weight excluding hydrogens is 348 g/mol. The first kappa shape index (κ1) is 14.6. The number of fused-ring (bicyclic) bond motifs is 1. The maximum Gasteiger partial charge on any atom is 0.125 e. The summed E-state index contributed by atoms with van der Waals surface area (Å²) in [6.07, 6.45) is 1.06. The summed E-state index contributed by atoms with van der Waals surface area (Å²) in [6.45, 7) is 2.96. The molecule has 0 spiro atoms. The monoisotopic (exact) mass is 362 g/mol. The van der Waals surface area contributed by atoms with E-state index in [1.807, 2.05) is 12.1 Å². The Morgan fingerprint density at radius 3 is 2.48 bits per heavy atom. The van der Waals surface area contributed by atoms with Crippen molar-refractivity contribution in [1.82, 2.24) is 9.55 Å². The van der Waals surface area contributed by atoms with Gasteiger partial charge in [0.25, 0.3) is 0 Å². The fourth-order valence-electron chi connectivity index (χ4n) is 2.49. The van der Waals surface area contributed by atoms with Crippen molar-refractivity contribution in [3.05, 3.63) is 63.9 Å². The third kappa shape index (κ3) is 2.99. The van der Waals surface area contributed by atoms with E-state index in [-0.39, 0.29) is 0 Å². The van der Waals surface area contributed by atoms with Crippen LogP contribution in [0, 0.1) is 0 Å². The average molecular weight is 364 g/mol. The maximum absolute atomic E-state index is 6.06. The molecule has 0 saturated carbocycles. The van der Waals surface area contributed by atoms with E-state index in [2.05, 4.69) is 62.7 Å². The first-order valence-electron chi connectivity index (χ1n) is 6.99. The zero-order valence-electron chi connectivity index (χ0n) is 11.8. The molecule has 0 fully saturated rings. The minimum atomic E-state index is 0.416. The summed E-state index contributed by atoms with van der Waals surface area (Å²) in [5, 5.41) is 0. The lowest BCUT2D eigenvalue weighted by Gasteiger charge is -2.09. The molecule has 0 saturated heterocycles. The second-order valence-corrected chi connectivity index (χ2v) is 6.23. The van der Waals surface area contributed by atoms with Crippen LogP contribution in [-0.4, -0.2) is 9.55 Å². The molecule has 3 aromatic rings. The van der Waals surface area contributed by atoms with Crippen LogP contribution in [0.4, 0.5) is 0 Å². The van der Waals surface area contributed by atoms with Crippen LogP contribution in [0.5, 0.6) is 0 Å². The molecule has 1 aromatic heterocycles. The quantitative estimate of drug-likeness (QED) is 0.586. The molecule has 0 amide bonds. The molecular formula is C17H16BrClN2. The number of halogens is 2. The highest BCUT2D eigenvalue weighted by molar-refractivity contribution is 9.10. The van der Waals surface area contributed by atoms with Crippen LogP contribution >= 0.6 is 27.5 Å². The number of aromatic nitrogens is 2. The minimum Gasteiger partial charge on any atom is -0.322 e. The molecule has 2 aromatic carbocycles. The van der Waals surface area contributed by atoms with Gasteiger partial charge in [0.15, 0.2) is 0 Å². The summed E-state index contributed by atoms with van der Waals surface area (Å²) >= 11 is 9.59. The third-order valence-corrected chi connectivity index (χ3v) is 4.41. The Balaban J connectivity index is 2.03. The number of hydrogen-bond acceptors (Lipinski definition) is 1. The number of benzene rings is 2. The van der Waals surface area contributed by atoms with Gasteiger partial charge in [-0.15, -0.1) is 11.6 Å². The van der Waals surface area contributed by atoms with Gasteiger partial charge in [-0.2, -0.15) is 0 Å². The van der Waals surface area contributed by atoms with Crippen LogP contribution in [0.1, 0.15) is 23.9 Å². The molecule has 0 unspecified atom stereocenters. The molecule has 3 rings (SSSR count). The van der Waals surface area contributed by atoms with Gasteiger partial charge in [0, 0.05) is 11.0 Å². The summed E-state index contributed by atoms with van der Waals surface area (Å²) in [7, 11) is 0. The number of aryl methyl sites for hydroxylation is 1. The molecule has 1 heterocycles. The topological polar surface area (TPSA) is 17.8 Å². The standard InChI is InChI=1S/C17H16BrClN2/c1-2-12-3-5-13(6-4-12)11-21-16-9-14(18)7-8-15(16)20-17(21)10-19/h3-9H,2,10-11H2,1H3. The number of hydrogen-bond donors (Lipinski definition) is 0. The predicted octanol–water partition coefficient (Wildman–Crippen LogP) is 5.15. The Kier molecular flexibility index (Phi) is 4.32. The van der Waals surface area contributed by atoms with Crippen molar-refractivity contribution in [2.45, 2.75) is 25.8 Å². The van der Waals surface area contributed by atoms with E-state index in [4.69, 9.17) is 11.6 Å². The van der Waals surface area contributed by atoms with Gasteiger partial charge in [0.2, 0.25) is 0 Å². The summed E-state index contributed by atoms with van der Waals surface area (Å²) in [5.41, 5.74) is 4.71. The normalized spacial score (nSPS) is 11.2. The van der Waals surface area contributed by atoms with Gasteiger partial charge in [-0.1, -0.05) is 47.1 Å². The Hall–Kier alpha value is -1.32. The van der Waals surface area contributed by atoms with Crippen molar-refractivity contribution in [2.24, 2.45) is 0 Å². The molecule has 0 radical (unpaired) electrons. The van der Waals surface area contributed by atoms with Crippen LogP contribution in [0.3, 0.4) is 0 Å². The molecule has 108 valence electrons. The lowest BCUT2D eigenvalue weighted by molar-refractivity contribution is 0.778. The molecule has 21 heavy (non-hydrogen) atoms. The lowest BCUT2D eigenvalue weighted by atomic mass is 10.1. The Labute approximate surface area is 137 Å². The first-order chi connectivity index (χ1) is 10.2. The van der Waals surface area contributed by atoms with Gasteiger partial charge in [-0.3, -0.25) is 0 Å². The van der Waals surface area contributed by atoms with Crippen molar-refractivity contribution < 1.29 is 0 Å². The number of rotatable bonds is 4. The lowest BCUT2D eigenvalue weighted by Crippen LogP contribution is -2.04. The second kappa shape index (κ2) is 6.20. The minimum absolute atomic E-state index is 0.416. The predicted molar refractivity (Wildman–Crippen MR) is 91.9 cm³/mol. The number of alkyl halides is 1.